The van der Waals surface area contributed by atoms with Crippen molar-refractivity contribution in [2.75, 3.05) is 11.1 Å². The number of hydrogen-bond acceptors (Lipinski definition) is 6. The highest BCUT2D eigenvalue weighted by atomic mass is 32.2. The van der Waals surface area contributed by atoms with Gasteiger partial charge in [-0.3, -0.25) is 14.9 Å². The average molecular weight is 412 g/mol. The van der Waals surface area contributed by atoms with Crippen molar-refractivity contribution < 1.29 is 9.72 Å². The topological polar surface area (TPSA) is 108 Å². The normalized spacial score (nSPS) is 10.7. The first-order chi connectivity index (χ1) is 14.0. The summed E-state index contributed by atoms with van der Waals surface area (Å²) in [5, 5.41) is 22.6. The quantitative estimate of drug-likeness (QED) is 0.250. The predicted molar refractivity (Wildman–Crippen MR) is 111 cm³/mol. The fourth-order valence-electron chi connectivity index (χ4n) is 2.74. The van der Waals surface area contributed by atoms with Gasteiger partial charge in [0.05, 0.1) is 10.7 Å². The molecule has 0 radical (unpaired) electrons. The number of nitro benzene ring substituents is 1. The van der Waals surface area contributed by atoms with Crippen LogP contribution in [0.15, 0.2) is 60.4 Å². The summed E-state index contributed by atoms with van der Waals surface area (Å²) in [7, 11) is 1.97. The Morgan fingerprint density at radius 3 is 2.86 bits per heavy atom. The number of hydrogen-bond donors (Lipinski definition) is 1. The van der Waals surface area contributed by atoms with Gasteiger partial charge in [-0.25, -0.2) is 0 Å². The number of allylic oxidation sites excluding steroid dienone is 1. The van der Waals surface area contributed by atoms with Gasteiger partial charge in [0.2, 0.25) is 5.91 Å². The Kier molecular flexibility index (Phi) is 6.45. The standard InChI is InChI=1S/C19H20N6O3S/c1-3-9-24-17(12-15-8-5-10-23(15)2)21-22-19(24)29-13-18(26)20-14-6-4-7-16(11-14)25(27)28/h3-8,10-11H,1,9,12-13H2,2H3,(H,20,26). The molecule has 0 aliphatic rings. The maximum Gasteiger partial charge on any atom is 0.271 e. The minimum atomic E-state index is -0.504. The summed E-state index contributed by atoms with van der Waals surface area (Å²) in [4.78, 5) is 22.6. The largest absolute Gasteiger partial charge is 0.354 e. The Bertz CT molecular complexity index is 1040. The van der Waals surface area contributed by atoms with E-state index in [0.29, 0.717) is 23.8 Å². The second kappa shape index (κ2) is 9.20. The van der Waals surface area contributed by atoms with Crippen LogP contribution >= 0.6 is 11.8 Å². The van der Waals surface area contributed by atoms with Gasteiger partial charge in [-0.2, -0.15) is 0 Å². The molecule has 3 aromatic rings. The SMILES string of the molecule is C=CCn1c(Cc2cccn2C)nnc1SCC(=O)Nc1cccc([N+](=O)[O-])c1. The van der Waals surface area contributed by atoms with Crippen molar-refractivity contribution >= 4 is 29.0 Å². The minimum Gasteiger partial charge on any atom is -0.354 e. The number of carbonyl (C=O) groups is 1. The summed E-state index contributed by atoms with van der Waals surface area (Å²) in [5.41, 5.74) is 1.40. The zero-order chi connectivity index (χ0) is 20.8. The van der Waals surface area contributed by atoms with E-state index >= 15 is 0 Å². The van der Waals surface area contributed by atoms with Crippen molar-refractivity contribution in [1.82, 2.24) is 19.3 Å². The van der Waals surface area contributed by atoms with Crippen LogP contribution in [0.5, 0.6) is 0 Å². The van der Waals surface area contributed by atoms with Gasteiger partial charge in [0.15, 0.2) is 5.16 Å². The van der Waals surface area contributed by atoms with Gasteiger partial charge in [0.1, 0.15) is 5.82 Å². The van der Waals surface area contributed by atoms with Crippen LogP contribution in [-0.4, -0.2) is 35.9 Å². The third-order valence-electron chi connectivity index (χ3n) is 4.17. The average Bonchev–Trinajstić information content (AvgIpc) is 3.27. The Morgan fingerprint density at radius 2 is 2.17 bits per heavy atom. The number of nitrogens with zero attached hydrogens (tertiary/aromatic N) is 5. The van der Waals surface area contributed by atoms with Gasteiger partial charge < -0.3 is 14.5 Å². The molecule has 0 unspecified atom stereocenters. The molecule has 10 heteroatoms. The lowest BCUT2D eigenvalue weighted by molar-refractivity contribution is -0.384. The van der Waals surface area contributed by atoms with Crippen LogP contribution < -0.4 is 5.32 Å². The maximum atomic E-state index is 12.3. The van der Waals surface area contributed by atoms with E-state index in [1.807, 2.05) is 34.5 Å². The first-order valence-corrected chi connectivity index (χ1v) is 9.76. The third-order valence-corrected chi connectivity index (χ3v) is 5.14. The van der Waals surface area contributed by atoms with Crippen molar-refractivity contribution in [3.8, 4) is 0 Å². The number of amides is 1. The molecule has 9 nitrogen and oxygen atoms in total. The highest BCUT2D eigenvalue weighted by Gasteiger charge is 2.15. The lowest BCUT2D eigenvalue weighted by Gasteiger charge is -2.09. The molecule has 29 heavy (non-hydrogen) atoms. The molecule has 3 rings (SSSR count). The zero-order valence-electron chi connectivity index (χ0n) is 15.8. The lowest BCUT2D eigenvalue weighted by atomic mass is 10.3. The van der Waals surface area contributed by atoms with Gasteiger partial charge in [0.25, 0.3) is 5.69 Å². The van der Waals surface area contributed by atoms with E-state index in [-0.39, 0.29) is 17.3 Å². The molecule has 0 saturated carbocycles. The summed E-state index contributed by atoms with van der Waals surface area (Å²) >= 11 is 1.25. The lowest BCUT2D eigenvalue weighted by Crippen LogP contribution is -2.15. The van der Waals surface area contributed by atoms with E-state index in [4.69, 9.17) is 0 Å². The van der Waals surface area contributed by atoms with E-state index in [1.54, 1.807) is 12.1 Å². The summed E-state index contributed by atoms with van der Waals surface area (Å²) in [6.45, 7) is 4.31. The van der Waals surface area contributed by atoms with Crippen molar-refractivity contribution in [2.24, 2.45) is 7.05 Å². The number of nitrogens with one attached hydrogen (secondary N) is 1. The predicted octanol–water partition coefficient (Wildman–Crippen LogP) is 3.03. The first kappa shape index (κ1) is 20.3. The molecular formula is C19H20N6O3S. The number of rotatable bonds is 9. The van der Waals surface area contributed by atoms with Gasteiger partial charge in [0, 0.05) is 49.7 Å². The Morgan fingerprint density at radius 1 is 1.34 bits per heavy atom. The number of thioether (sulfide) groups is 1. The molecule has 0 atom stereocenters. The molecule has 2 heterocycles. The van der Waals surface area contributed by atoms with E-state index in [2.05, 4.69) is 22.1 Å². The number of benzene rings is 1. The van der Waals surface area contributed by atoms with Crippen LogP contribution in [0.4, 0.5) is 11.4 Å². The van der Waals surface area contributed by atoms with Crippen molar-refractivity contribution in [3.63, 3.8) is 0 Å². The zero-order valence-corrected chi connectivity index (χ0v) is 16.6. The second-order valence-corrected chi connectivity index (χ2v) is 7.17. The van der Waals surface area contributed by atoms with Crippen LogP contribution in [0, 0.1) is 10.1 Å². The molecule has 2 aromatic heterocycles. The highest BCUT2D eigenvalue weighted by Crippen LogP contribution is 2.21. The molecule has 0 aliphatic carbocycles. The Hall–Kier alpha value is -3.40. The summed E-state index contributed by atoms with van der Waals surface area (Å²) in [5.74, 6) is 0.600. The van der Waals surface area contributed by atoms with Crippen LogP contribution in [-0.2, 0) is 24.8 Å². The van der Waals surface area contributed by atoms with Crippen molar-refractivity contribution in [2.45, 2.75) is 18.1 Å². The van der Waals surface area contributed by atoms with Crippen LogP contribution in [0.25, 0.3) is 0 Å². The van der Waals surface area contributed by atoms with Crippen LogP contribution in [0.3, 0.4) is 0 Å². The fraction of sp³-hybridized carbons (Fsp3) is 0.211. The number of aromatic nitrogens is 4. The van der Waals surface area contributed by atoms with Crippen molar-refractivity contribution in [1.29, 1.82) is 0 Å². The monoisotopic (exact) mass is 412 g/mol. The summed E-state index contributed by atoms with van der Waals surface area (Å²) in [6.07, 6.45) is 4.34. The van der Waals surface area contributed by atoms with Gasteiger partial charge in [-0.1, -0.05) is 23.9 Å². The van der Waals surface area contributed by atoms with E-state index < -0.39 is 4.92 Å². The molecule has 1 aromatic carbocycles. The number of carbonyl (C=O) groups excluding carboxylic acids is 1. The highest BCUT2D eigenvalue weighted by molar-refractivity contribution is 7.99. The first-order valence-electron chi connectivity index (χ1n) is 8.78. The van der Waals surface area contributed by atoms with E-state index in [9.17, 15) is 14.9 Å². The van der Waals surface area contributed by atoms with Crippen LogP contribution in [0.2, 0.25) is 0 Å². The Labute approximate surface area is 171 Å². The molecule has 1 amide bonds. The maximum absolute atomic E-state index is 12.3. The molecule has 0 aliphatic heterocycles. The summed E-state index contributed by atoms with van der Waals surface area (Å²) < 4.78 is 3.94. The molecule has 0 fully saturated rings. The fourth-order valence-corrected chi connectivity index (χ4v) is 3.50. The second-order valence-electron chi connectivity index (χ2n) is 6.23. The molecule has 1 N–H and O–H groups in total. The number of nitro groups is 1. The van der Waals surface area contributed by atoms with Crippen LogP contribution in [0.1, 0.15) is 11.5 Å². The van der Waals surface area contributed by atoms with E-state index in [1.165, 1.54) is 30.0 Å². The molecular weight excluding hydrogens is 392 g/mol. The van der Waals surface area contributed by atoms with Gasteiger partial charge in [-0.15, -0.1) is 16.8 Å². The number of aryl methyl sites for hydroxylation is 1. The number of non-ortho nitro benzene ring substituents is 1. The molecule has 0 bridgehead atoms. The van der Waals surface area contributed by atoms with Gasteiger partial charge >= 0.3 is 0 Å². The third kappa shape index (κ3) is 5.11. The number of anilines is 1. The smallest absolute Gasteiger partial charge is 0.271 e. The minimum absolute atomic E-state index is 0.0773. The summed E-state index contributed by atoms with van der Waals surface area (Å²) in [6, 6.07) is 9.81. The molecule has 0 spiro atoms. The van der Waals surface area contributed by atoms with Gasteiger partial charge in [-0.05, 0) is 18.2 Å². The van der Waals surface area contributed by atoms with E-state index in [0.717, 1.165) is 11.5 Å². The van der Waals surface area contributed by atoms with Crippen molar-refractivity contribution in [3.05, 3.63) is 76.9 Å². The molecule has 0 saturated heterocycles. The molecule has 150 valence electrons. The Balaban J connectivity index is 1.66.